The van der Waals surface area contributed by atoms with Crippen molar-refractivity contribution >= 4 is 22.3 Å². The van der Waals surface area contributed by atoms with E-state index in [1.165, 1.54) is 0 Å². The molecule has 0 aliphatic heterocycles. The average Bonchev–Trinajstić information content (AvgIpc) is 2.17. The van der Waals surface area contributed by atoms with Crippen molar-refractivity contribution in [2.75, 3.05) is 11.1 Å². The molecule has 1 heterocycles. The molecular weight excluding hydrogens is 210 g/mol. The molecule has 0 unspecified atom stereocenters. The molecule has 3 heteroatoms. The number of fused-ring (bicyclic) bond motifs is 1. The van der Waals surface area contributed by atoms with Crippen LogP contribution in [0.2, 0.25) is 0 Å². The van der Waals surface area contributed by atoms with Crippen LogP contribution in [-0.4, -0.2) is 10.5 Å². The number of nitrogens with one attached hydrogen (secondary N) is 1. The number of aryl methyl sites for hydroxylation is 1. The second-order valence-corrected chi connectivity index (χ2v) is 5.48. The molecule has 0 saturated carbocycles. The van der Waals surface area contributed by atoms with Gasteiger partial charge in [0.1, 0.15) is 5.82 Å². The number of nitrogens with two attached hydrogens (primary N) is 1. The van der Waals surface area contributed by atoms with Crippen LogP contribution in [0.3, 0.4) is 0 Å². The van der Waals surface area contributed by atoms with E-state index in [1.54, 1.807) is 6.20 Å². The lowest BCUT2D eigenvalue weighted by Gasteiger charge is -2.22. The summed E-state index contributed by atoms with van der Waals surface area (Å²) < 4.78 is 0. The highest BCUT2D eigenvalue weighted by atomic mass is 15.0. The lowest BCUT2D eigenvalue weighted by Crippen LogP contribution is -2.26. The molecule has 2 rings (SSSR count). The second kappa shape index (κ2) is 3.91. The molecule has 17 heavy (non-hydrogen) atoms. The highest BCUT2D eigenvalue weighted by molar-refractivity contribution is 5.99. The van der Waals surface area contributed by atoms with Crippen LogP contribution in [0.4, 0.5) is 11.5 Å². The second-order valence-electron chi connectivity index (χ2n) is 5.48. The summed E-state index contributed by atoms with van der Waals surface area (Å²) in [6, 6.07) is 6.06. The molecule has 0 saturated heterocycles. The normalized spacial score (nSPS) is 11.8. The maximum Gasteiger partial charge on any atom is 0.134 e. The van der Waals surface area contributed by atoms with Crippen LogP contribution < -0.4 is 11.1 Å². The first-order valence-corrected chi connectivity index (χ1v) is 5.80. The number of pyridine rings is 1. The Kier molecular flexibility index (Phi) is 2.69. The molecule has 0 aliphatic rings. The minimum atomic E-state index is -0.0141. The van der Waals surface area contributed by atoms with E-state index in [9.17, 15) is 0 Å². The van der Waals surface area contributed by atoms with Gasteiger partial charge in [0.05, 0.1) is 0 Å². The van der Waals surface area contributed by atoms with E-state index in [2.05, 4.69) is 37.1 Å². The van der Waals surface area contributed by atoms with Gasteiger partial charge in [0.25, 0.3) is 0 Å². The highest BCUT2D eigenvalue weighted by Gasteiger charge is 2.13. The zero-order valence-corrected chi connectivity index (χ0v) is 10.8. The van der Waals surface area contributed by atoms with Crippen LogP contribution in [0.25, 0.3) is 10.8 Å². The van der Waals surface area contributed by atoms with Gasteiger partial charge in [-0.3, -0.25) is 0 Å². The maximum absolute atomic E-state index is 6.03. The van der Waals surface area contributed by atoms with Crippen molar-refractivity contribution in [3.05, 3.63) is 30.0 Å². The molecule has 3 N–H and O–H groups in total. The monoisotopic (exact) mass is 229 g/mol. The Balaban J connectivity index is 2.64. The van der Waals surface area contributed by atoms with Crippen molar-refractivity contribution in [3.8, 4) is 0 Å². The largest absolute Gasteiger partial charge is 0.398 e. The van der Waals surface area contributed by atoms with Gasteiger partial charge >= 0.3 is 0 Å². The number of aromatic nitrogens is 1. The Morgan fingerprint density at radius 3 is 2.53 bits per heavy atom. The molecule has 1 aromatic carbocycles. The maximum atomic E-state index is 6.03. The smallest absolute Gasteiger partial charge is 0.134 e. The summed E-state index contributed by atoms with van der Waals surface area (Å²) in [6.45, 7) is 8.40. The Morgan fingerprint density at radius 1 is 1.18 bits per heavy atom. The van der Waals surface area contributed by atoms with E-state index in [0.717, 1.165) is 27.8 Å². The number of nitrogen functional groups attached to an aromatic ring is 1. The predicted octanol–water partition coefficient (Wildman–Crippen LogP) is 3.34. The quantitative estimate of drug-likeness (QED) is 0.737. The number of rotatable bonds is 1. The zero-order chi connectivity index (χ0) is 12.6. The fourth-order valence-electron chi connectivity index (χ4n) is 1.92. The van der Waals surface area contributed by atoms with E-state index in [0.29, 0.717) is 0 Å². The Morgan fingerprint density at radius 2 is 1.88 bits per heavy atom. The molecule has 0 spiro atoms. The molecule has 90 valence electrons. The molecule has 0 bridgehead atoms. The summed E-state index contributed by atoms with van der Waals surface area (Å²) in [5.74, 6) is 0.894. The van der Waals surface area contributed by atoms with Gasteiger partial charge in [0.15, 0.2) is 0 Å². The summed E-state index contributed by atoms with van der Waals surface area (Å²) in [5, 5.41) is 5.55. The molecule has 0 atom stereocenters. The van der Waals surface area contributed by atoms with Gasteiger partial charge in [-0.05, 0) is 51.5 Å². The average molecular weight is 229 g/mol. The summed E-state index contributed by atoms with van der Waals surface area (Å²) >= 11 is 0. The highest BCUT2D eigenvalue weighted by Crippen LogP contribution is 2.28. The minimum absolute atomic E-state index is 0.0141. The first kappa shape index (κ1) is 11.7. The SMILES string of the molecule is Cc1cc(N)c2ccnc(NC(C)(C)C)c2c1. The summed E-state index contributed by atoms with van der Waals surface area (Å²) in [6.07, 6.45) is 1.79. The molecule has 2 aromatic rings. The van der Waals surface area contributed by atoms with Crippen molar-refractivity contribution < 1.29 is 0 Å². The summed E-state index contributed by atoms with van der Waals surface area (Å²) in [5.41, 5.74) is 7.98. The summed E-state index contributed by atoms with van der Waals surface area (Å²) in [7, 11) is 0. The van der Waals surface area contributed by atoms with Gasteiger partial charge in [-0.1, -0.05) is 0 Å². The van der Waals surface area contributed by atoms with Crippen molar-refractivity contribution in [3.63, 3.8) is 0 Å². The standard InChI is InChI=1S/C14H19N3/c1-9-7-11-10(12(15)8-9)5-6-16-13(11)17-14(2,3)4/h5-8H,15H2,1-4H3,(H,16,17). The Bertz CT molecular complexity index is 553. The third kappa shape index (κ3) is 2.49. The Labute approximate surface area is 102 Å². The van der Waals surface area contributed by atoms with Crippen LogP contribution >= 0.6 is 0 Å². The van der Waals surface area contributed by atoms with E-state index in [4.69, 9.17) is 5.73 Å². The lowest BCUT2D eigenvalue weighted by atomic mass is 10.0. The fraction of sp³-hybridized carbons (Fsp3) is 0.357. The van der Waals surface area contributed by atoms with Crippen LogP contribution in [0.15, 0.2) is 24.4 Å². The van der Waals surface area contributed by atoms with Crippen molar-refractivity contribution in [1.29, 1.82) is 0 Å². The van der Waals surface area contributed by atoms with Gasteiger partial charge in [-0.15, -0.1) is 0 Å². The van der Waals surface area contributed by atoms with Gasteiger partial charge < -0.3 is 11.1 Å². The minimum Gasteiger partial charge on any atom is -0.398 e. The Hall–Kier alpha value is -1.77. The van der Waals surface area contributed by atoms with Crippen LogP contribution in [0.1, 0.15) is 26.3 Å². The van der Waals surface area contributed by atoms with Gasteiger partial charge in [0, 0.05) is 28.2 Å². The molecule has 1 aromatic heterocycles. The first-order chi connectivity index (χ1) is 7.87. The molecule has 0 radical (unpaired) electrons. The molecule has 3 nitrogen and oxygen atoms in total. The van der Waals surface area contributed by atoms with Crippen molar-refractivity contribution in [2.24, 2.45) is 0 Å². The van der Waals surface area contributed by atoms with Gasteiger partial charge in [-0.25, -0.2) is 4.98 Å². The number of hydrogen-bond acceptors (Lipinski definition) is 3. The third-order valence-electron chi connectivity index (χ3n) is 2.55. The molecule has 0 fully saturated rings. The third-order valence-corrected chi connectivity index (χ3v) is 2.55. The van der Waals surface area contributed by atoms with E-state index >= 15 is 0 Å². The zero-order valence-electron chi connectivity index (χ0n) is 10.8. The molecule has 0 amide bonds. The number of hydrogen-bond donors (Lipinski definition) is 2. The summed E-state index contributed by atoms with van der Waals surface area (Å²) in [4.78, 5) is 4.41. The number of anilines is 2. The topological polar surface area (TPSA) is 50.9 Å². The molecule has 0 aliphatic carbocycles. The van der Waals surface area contributed by atoms with Gasteiger partial charge in [-0.2, -0.15) is 0 Å². The van der Waals surface area contributed by atoms with Crippen molar-refractivity contribution in [2.45, 2.75) is 33.2 Å². The van der Waals surface area contributed by atoms with E-state index < -0.39 is 0 Å². The van der Waals surface area contributed by atoms with E-state index in [-0.39, 0.29) is 5.54 Å². The molecular formula is C14H19N3. The van der Waals surface area contributed by atoms with Gasteiger partial charge in [0.2, 0.25) is 0 Å². The predicted molar refractivity (Wildman–Crippen MR) is 74.3 cm³/mol. The van der Waals surface area contributed by atoms with E-state index in [1.807, 2.05) is 19.1 Å². The fourth-order valence-corrected chi connectivity index (χ4v) is 1.92. The van der Waals surface area contributed by atoms with Crippen LogP contribution in [0, 0.1) is 6.92 Å². The number of nitrogens with zero attached hydrogens (tertiary/aromatic N) is 1. The first-order valence-electron chi connectivity index (χ1n) is 5.80. The van der Waals surface area contributed by atoms with Crippen LogP contribution in [-0.2, 0) is 0 Å². The lowest BCUT2D eigenvalue weighted by molar-refractivity contribution is 0.631. The van der Waals surface area contributed by atoms with Crippen molar-refractivity contribution in [1.82, 2.24) is 4.98 Å². The number of benzene rings is 1. The van der Waals surface area contributed by atoms with Crippen LogP contribution in [0.5, 0.6) is 0 Å².